The molecule has 0 radical (unpaired) electrons. The number of rotatable bonds is 4. The van der Waals surface area contributed by atoms with E-state index < -0.39 is 5.41 Å². The maximum absolute atomic E-state index is 4.30. The summed E-state index contributed by atoms with van der Waals surface area (Å²) in [5, 5.41) is 0. The van der Waals surface area contributed by atoms with Crippen molar-refractivity contribution in [3.05, 3.63) is 142 Å². The van der Waals surface area contributed by atoms with Gasteiger partial charge in [0.2, 0.25) is 0 Å². The highest BCUT2D eigenvalue weighted by Gasteiger charge is 2.48. The van der Waals surface area contributed by atoms with Gasteiger partial charge in [0, 0.05) is 0 Å². The van der Waals surface area contributed by atoms with Crippen molar-refractivity contribution in [2.45, 2.75) is 26.2 Å². The second-order valence-electron chi connectivity index (χ2n) is 7.62. The van der Waals surface area contributed by atoms with Gasteiger partial charge < -0.3 is 0 Å². The fraction of sp³-hybridized carbons (Fsp3) is 0.133. The van der Waals surface area contributed by atoms with E-state index in [1.54, 1.807) is 0 Å². The highest BCUT2D eigenvalue weighted by atomic mass is 14.5. The molecular formula is C30H28. The maximum atomic E-state index is 4.30. The van der Waals surface area contributed by atoms with Crippen LogP contribution in [0, 0.1) is 0 Å². The molecule has 2 aromatic rings. The van der Waals surface area contributed by atoms with E-state index in [9.17, 15) is 0 Å². The van der Waals surface area contributed by atoms with Crippen molar-refractivity contribution in [1.29, 1.82) is 0 Å². The van der Waals surface area contributed by atoms with Gasteiger partial charge in [0.1, 0.15) is 0 Å². The minimum Gasteiger partial charge on any atom is -0.0987 e. The summed E-state index contributed by atoms with van der Waals surface area (Å²) < 4.78 is 0. The Kier molecular flexibility index (Phi) is 5.42. The standard InChI is InChI=1S/C30H28/c1-5-13-24-25(14-6-2)29(15-7-3)30(26(24)8-4)27-18-11-9-16-22(27)20-21-23-17-10-12-19-28(23)30/h5-21H,4H2,1-3H3/b13-5-,14-6-,15-7-. The third-order valence-corrected chi connectivity index (χ3v) is 6.05. The summed E-state index contributed by atoms with van der Waals surface area (Å²) in [6.45, 7) is 10.6. The third-order valence-electron chi connectivity index (χ3n) is 6.05. The largest absolute Gasteiger partial charge is 0.0987 e. The van der Waals surface area contributed by atoms with Gasteiger partial charge in [-0.15, -0.1) is 0 Å². The summed E-state index contributed by atoms with van der Waals surface area (Å²) in [5.41, 5.74) is 9.73. The lowest BCUT2D eigenvalue weighted by Crippen LogP contribution is -2.31. The average molecular weight is 389 g/mol. The molecule has 4 rings (SSSR count). The van der Waals surface area contributed by atoms with Crippen LogP contribution in [0.5, 0.6) is 0 Å². The lowest BCUT2D eigenvalue weighted by atomic mass is 9.64. The van der Waals surface area contributed by atoms with Gasteiger partial charge >= 0.3 is 0 Å². The molecule has 0 atom stereocenters. The number of allylic oxidation sites excluding steroid dienone is 11. The van der Waals surface area contributed by atoms with Gasteiger partial charge in [-0.1, -0.05) is 110 Å². The van der Waals surface area contributed by atoms with Crippen LogP contribution in [-0.2, 0) is 5.41 Å². The zero-order chi connectivity index (χ0) is 21.1. The highest BCUT2D eigenvalue weighted by molar-refractivity contribution is 5.86. The van der Waals surface area contributed by atoms with Gasteiger partial charge in [-0.25, -0.2) is 0 Å². The Morgan fingerprint density at radius 1 is 0.633 bits per heavy atom. The topological polar surface area (TPSA) is 0 Å². The molecular weight excluding hydrogens is 360 g/mol. The van der Waals surface area contributed by atoms with E-state index in [2.05, 4.69) is 131 Å². The van der Waals surface area contributed by atoms with E-state index in [1.165, 1.54) is 44.5 Å². The van der Waals surface area contributed by atoms with E-state index in [0.717, 1.165) is 0 Å². The van der Waals surface area contributed by atoms with Crippen molar-refractivity contribution in [2.24, 2.45) is 0 Å². The predicted octanol–water partition coefficient (Wildman–Crippen LogP) is 7.98. The fourth-order valence-corrected chi connectivity index (χ4v) is 5.05. The molecule has 0 heteroatoms. The van der Waals surface area contributed by atoms with Crippen LogP contribution in [0.1, 0.15) is 43.0 Å². The zero-order valence-corrected chi connectivity index (χ0v) is 18.0. The summed E-state index contributed by atoms with van der Waals surface area (Å²) in [5.74, 6) is 0. The van der Waals surface area contributed by atoms with Crippen LogP contribution in [0.25, 0.3) is 12.2 Å². The first kappa shape index (κ1) is 19.9. The van der Waals surface area contributed by atoms with Gasteiger partial charge in [0.25, 0.3) is 0 Å². The van der Waals surface area contributed by atoms with E-state index in [0.29, 0.717) is 0 Å². The Hall–Kier alpha value is -3.38. The minimum atomic E-state index is -0.408. The van der Waals surface area contributed by atoms with Gasteiger partial charge in [0.15, 0.2) is 0 Å². The number of benzene rings is 2. The summed E-state index contributed by atoms with van der Waals surface area (Å²) in [7, 11) is 0. The Bertz CT molecular complexity index is 1120. The van der Waals surface area contributed by atoms with Crippen molar-refractivity contribution < 1.29 is 0 Å². The lowest BCUT2D eigenvalue weighted by Gasteiger charge is -2.37. The fourth-order valence-electron chi connectivity index (χ4n) is 5.05. The van der Waals surface area contributed by atoms with Gasteiger partial charge in [-0.2, -0.15) is 0 Å². The van der Waals surface area contributed by atoms with Crippen LogP contribution in [-0.4, -0.2) is 0 Å². The van der Waals surface area contributed by atoms with E-state index in [1.807, 2.05) is 0 Å². The van der Waals surface area contributed by atoms with Crippen molar-refractivity contribution in [3.8, 4) is 0 Å². The van der Waals surface area contributed by atoms with Crippen LogP contribution < -0.4 is 0 Å². The quantitative estimate of drug-likeness (QED) is 0.498. The highest BCUT2D eigenvalue weighted by Crippen LogP contribution is 2.57. The second kappa shape index (κ2) is 8.16. The maximum Gasteiger partial charge on any atom is 0.0724 e. The number of fused-ring (bicyclic) bond motifs is 4. The normalized spacial score (nSPS) is 17.4. The molecule has 0 fully saturated rings. The molecule has 0 bridgehead atoms. The molecule has 0 saturated heterocycles. The smallest absolute Gasteiger partial charge is 0.0724 e. The summed E-state index contributed by atoms with van der Waals surface area (Å²) >= 11 is 0. The van der Waals surface area contributed by atoms with E-state index in [4.69, 9.17) is 0 Å². The molecule has 1 spiro atoms. The Morgan fingerprint density at radius 2 is 1.10 bits per heavy atom. The monoisotopic (exact) mass is 388 g/mol. The van der Waals surface area contributed by atoms with Crippen molar-refractivity contribution in [3.63, 3.8) is 0 Å². The molecule has 0 saturated carbocycles. The first-order valence-corrected chi connectivity index (χ1v) is 10.6. The van der Waals surface area contributed by atoms with Crippen LogP contribution >= 0.6 is 0 Å². The molecule has 0 N–H and O–H groups in total. The van der Waals surface area contributed by atoms with Crippen molar-refractivity contribution >= 4 is 12.2 Å². The first-order chi connectivity index (χ1) is 14.7. The molecule has 2 aliphatic carbocycles. The molecule has 30 heavy (non-hydrogen) atoms. The van der Waals surface area contributed by atoms with E-state index in [-0.39, 0.29) is 0 Å². The lowest BCUT2D eigenvalue weighted by molar-refractivity contribution is 0.753. The van der Waals surface area contributed by atoms with E-state index >= 15 is 0 Å². The van der Waals surface area contributed by atoms with Crippen LogP contribution in [0.4, 0.5) is 0 Å². The van der Waals surface area contributed by atoms with Gasteiger partial charge in [0.05, 0.1) is 5.41 Å². The first-order valence-electron chi connectivity index (χ1n) is 10.6. The summed E-state index contributed by atoms with van der Waals surface area (Å²) in [4.78, 5) is 0. The van der Waals surface area contributed by atoms with Gasteiger partial charge in [-0.05, 0) is 65.3 Å². The predicted molar refractivity (Wildman–Crippen MR) is 131 cm³/mol. The Morgan fingerprint density at radius 3 is 1.57 bits per heavy atom. The zero-order valence-electron chi connectivity index (χ0n) is 18.0. The second-order valence-corrected chi connectivity index (χ2v) is 7.62. The van der Waals surface area contributed by atoms with Crippen LogP contribution in [0.3, 0.4) is 0 Å². The SMILES string of the molecule is C=CC1=C(/C=C\C)C(/C=C\C)=C(/C=C\C)C12c1ccccc1C=Cc1ccccc12. The van der Waals surface area contributed by atoms with Gasteiger partial charge in [-0.3, -0.25) is 0 Å². The molecule has 0 heterocycles. The third kappa shape index (κ3) is 2.75. The molecule has 0 aliphatic heterocycles. The molecule has 0 nitrogen and oxygen atoms in total. The average Bonchev–Trinajstić information content (AvgIpc) is 2.93. The molecule has 2 aliphatic rings. The molecule has 0 amide bonds. The molecule has 2 aromatic carbocycles. The number of hydrogen-bond acceptors (Lipinski definition) is 0. The number of hydrogen-bond donors (Lipinski definition) is 0. The molecule has 148 valence electrons. The summed E-state index contributed by atoms with van der Waals surface area (Å²) in [6, 6.07) is 17.5. The van der Waals surface area contributed by atoms with Crippen LogP contribution in [0.2, 0.25) is 0 Å². The Labute approximate surface area is 180 Å². The molecule has 0 aromatic heterocycles. The van der Waals surface area contributed by atoms with Crippen LogP contribution in [0.15, 0.2) is 120 Å². The molecule has 0 unspecified atom stereocenters. The van der Waals surface area contributed by atoms with Crippen molar-refractivity contribution in [1.82, 2.24) is 0 Å². The Balaban J connectivity index is 2.29. The van der Waals surface area contributed by atoms with Crippen molar-refractivity contribution in [2.75, 3.05) is 0 Å². The minimum absolute atomic E-state index is 0.408. The summed E-state index contributed by atoms with van der Waals surface area (Å²) in [6.07, 6.45) is 19.7.